The first-order valence-corrected chi connectivity index (χ1v) is 10.6. The zero-order chi connectivity index (χ0) is 23.3. The Balaban J connectivity index is 1.59. The molecule has 33 heavy (non-hydrogen) atoms. The van der Waals surface area contributed by atoms with Gasteiger partial charge in [-0.1, -0.05) is 48.0 Å². The van der Waals surface area contributed by atoms with Crippen molar-refractivity contribution in [1.29, 1.82) is 0 Å². The summed E-state index contributed by atoms with van der Waals surface area (Å²) in [5, 5.41) is 12.7. The predicted octanol–water partition coefficient (Wildman–Crippen LogP) is 4.26. The third kappa shape index (κ3) is 3.35. The summed E-state index contributed by atoms with van der Waals surface area (Å²) in [5.41, 5.74) is 3.69. The highest BCUT2D eigenvalue weighted by Crippen LogP contribution is 2.48. The van der Waals surface area contributed by atoms with E-state index in [-0.39, 0.29) is 11.6 Å². The Bertz CT molecular complexity index is 1260. The second-order valence-corrected chi connectivity index (χ2v) is 8.31. The number of imide groups is 1. The van der Waals surface area contributed by atoms with Crippen molar-refractivity contribution in [3.63, 3.8) is 0 Å². The van der Waals surface area contributed by atoms with E-state index in [1.807, 2.05) is 56.3 Å². The highest BCUT2D eigenvalue weighted by Gasteiger charge is 2.60. The van der Waals surface area contributed by atoms with E-state index >= 15 is 0 Å². The number of carbonyl (C=O) groups is 2. The third-order valence-corrected chi connectivity index (χ3v) is 6.16. The minimum atomic E-state index is -0.987. The summed E-state index contributed by atoms with van der Waals surface area (Å²) in [6, 6.07) is 20.2. The average Bonchev–Trinajstić information content (AvgIpc) is 3.31. The molecule has 2 aliphatic rings. The van der Waals surface area contributed by atoms with Crippen LogP contribution in [-0.2, 0) is 14.4 Å². The fourth-order valence-electron chi connectivity index (χ4n) is 4.64. The van der Waals surface area contributed by atoms with E-state index in [9.17, 15) is 19.7 Å². The molecule has 166 valence electrons. The zero-order valence-corrected chi connectivity index (χ0v) is 18.0. The van der Waals surface area contributed by atoms with Gasteiger partial charge >= 0.3 is 0 Å². The van der Waals surface area contributed by atoms with Crippen molar-refractivity contribution >= 4 is 28.9 Å². The second-order valence-electron chi connectivity index (χ2n) is 8.31. The van der Waals surface area contributed by atoms with Gasteiger partial charge in [0, 0.05) is 12.1 Å². The number of para-hydroxylation sites is 1. The summed E-state index contributed by atoms with van der Waals surface area (Å²) >= 11 is 0. The highest BCUT2D eigenvalue weighted by molar-refractivity contribution is 6.24. The molecule has 2 heterocycles. The summed E-state index contributed by atoms with van der Waals surface area (Å²) in [6.07, 6.45) is -0.987. The number of carbonyl (C=O) groups excluding carboxylic acids is 2. The lowest BCUT2D eigenvalue weighted by atomic mass is 9.90. The molecule has 3 atom stereocenters. The van der Waals surface area contributed by atoms with Crippen molar-refractivity contribution < 1.29 is 19.3 Å². The number of fused-ring (bicyclic) bond motifs is 1. The Morgan fingerprint density at radius 1 is 0.909 bits per heavy atom. The maximum absolute atomic E-state index is 13.7. The lowest BCUT2D eigenvalue weighted by molar-refractivity contribution is -0.384. The molecule has 0 bridgehead atoms. The topological polar surface area (TPSA) is 93.0 Å². The first-order valence-electron chi connectivity index (χ1n) is 10.6. The summed E-state index contributed by atoms with van der Waals surface area (Å²) in [4.78, 5) is 45.0. The Hall–Kier alpha value is -4.04. The summed E-state index contributed by atoms with van der Waals surface area (Å²) in [6.45, 7) is 3.81. The third-order valence-electron chi connectivity index (χ3n) is 6.16. The predicted molar refractivity (Wildman–Crippen MR) is 122 cm³/mol. The molecular weight excluding hydrogens is 422 g/mol. The molecular formula is C25H21N3O5. The van der Waals surface area contributed by atoms with Crippen molar-refractivity contribution in [1.82, 2.24) is 0 Å². The molecule has 0 unspecified atom stereocenters. The first-order chi connectivity index (χ1) is 15.9. The van der Waals surface area contributed by atoms with Crippen LogP contribution in [-0.4, -0.2) is 22.8 Å². The van der Waals surface area contributed by atoms with E-state index in [0.29, 0.717) is 16.9 Å². The van der Waals surface area contributed by atoms with Gasteiger partial charge in [-0.15, -0.1) is 0 Å². The number of non-ortho nitro benzene ring substituents is 1. The highest BCUT2D eigenvalue weighted by atomic mass is 16.7. The number of hydrogen-bond acceptors (Lipinski definition) is 6. The molecule has 2 saturated heterocycles. The van der Waals surface area contributed by atoms with Crippen LogP contribution < -0.4 is 9.96 Å². The maximum atomic E-state index is 13.7. The smallest absolute Gasteiger partial charge is 0.269 e. The molecule has 3 aromatic carbocycles. The van der Waals surface area contributed by atoms with Gasteiger partial charge in [0.15, 0.2) is 6.10 Å². The molecule has 5 rings (SSSR count). The molecule has 0 saturated carbocycles. The van der Waals surface area contributed by atoms with Gasteiger partial charge in [-0.25, -0.2) is 9.96 Å². The SMILES string of the molecule is Cc1ccc(N2C(=O)[C@@H]3[C@H](ON(c4ccccc4)[C@@H]3c3ccc([N+](=O)[O-])cc3)C2=O)c(C)c1. The fraction of sp³-hybridized carbons (Fsp3) is 0.200. The van der Waals surface area contributed by atoms with Crippen LogP contribution in [0.2, 0.25) is 0 Å². The van der Waals surface area contributed by atoms with Gasteiger partial charge in [-0.3, -0.25) is 24.5 Å². The molecule has 8 nitrogen and oxygen atoms in total. The second kappa shape index (κ2) is 7.83. The van der Waals surface area contributed by atoms with Crippen molar-refractivity contribution in [3.8, 4) is 0 Å². The molecule has 0 radical (unpaired) electrons. The van der Waals surface area contributed by atoms with Gasteiger partial charge in [-0.2, -0.15) is 0 Å². The van der Waals surface area contributed by atoms with Crippen LogP contribution in [0.15, 0.2) is 72.8 Å². The molecule has 0 N–H and O–H groups in total. The van der Waals surface area contributed by atoms with E-state index in [2.05, 4.69) is 0 Å². The Morgan fingerprint density at radius 2 is 1.61 bits per heavy atom. The molecule has 2 amide bonds. The Labute approximate surface area is 190 Å². The first kappa shape index (κ1) is 20.8. The number of nitro groups is 1. The Kier molecular flexibility index (Phi) is 4.94. The normalized spacial score (nSPS) is 22.1. The van der Waals surface area contributed by atoms with E-state index in [0.717, 1.165) is 11.1 Å². The quantitative estimate of drug-likeness (QED) is 0.340. The van der Waals surface area contributed by atoms with Crippen LogP contribution in [0.3, 0.4) is 0 Å². The monoisotopic (exact) mass is 443 g/mol. The van der Waals surface area contributed by atoms with E-state index < -0.39 is 28.9 Å². The van der Waals surface area contributed by atoms with E-state index in [1.165, 1.54) is 17.0 Å². The number of hydroxylamine groups is 1. The van der Waals surface area contributed by atoms with Crippen molar-refractivity contribution in [3.05, 3.63) is 99.6 Å². The van der Waals surface area contributed by atoms with Gasteiger partial charge in [0.2, 0.25) is 5.91 Å². The van der Waals surface area contributed by atoms with Crippen LogP contribution in [0.5, 0.6) is 0 Å². The molecule has 3 aromatic rings. The summed E-state index contributed by atoms with van der Waals surface area (Å²) in [7, 11) is 0. The number of hydrogen-bond donors (Lipinski definition) is 0. The van der Waals surface area contributed by atoms with Crippen LogP contribution in [0, 0.1) is 29.9 Å². The van der Waals surface area contributed by atoms with Crippen molar-refractivity contribution in [2.45, 2.75) is 26.0 Å². The number of nitrogens with zero attached hydrogens (tertiary/aromatic N) is 3. The van der Waals surface area contributed by atoms with Gasteiger partial charge in [0.1, 0.15) is 5.92 Å². The fourth-order valence-corrected chi connectivity index (χ4v) is 4.64. The maximum Gasteiger partial charge on any atom is 0.269 e. The minimum Gasteiger partial charge on any atom is -0.273 e. The molecule has 0 aromatic heterocycles. The zero-order valence-electron chi connectivity index (χ0n) is 18.0. The molecule has 0 spiro atoms. The van der Waals surface area contributed by atoms with Crippen LogP contribution in [0.4, 0.5) is 17.1 Å². The summed E-state index contributed by atoms with van der Waals surface area (Å²) in [5.74, 6) is -1.55. The van der Waals surface area contributed by atoms with Crippen LogP contribution >= 0.6 is 0 Å². The molecule has 2 fully saturated rings. The van der Waals surface area contributed by atoms with Gasteiger partial charge in [0.25, 0.3) is 11.6 Å². The number of aryl methyl sites for hydroxylation is 2. The number of amides is 2. The standard InChI is InChI=1S/C25H21N3O5/c1-15-8-13-20(16(2)14-15)26-24(29)21-22(17-9-11-19(12-10-17)28(31)32)27(33-23(21)25(26)30)18-6-4-3-5-7-18/h3-14,21-23H,1-2H3/t21-,22+,23-/m0/s1. The minimum absolute atomic E-state index is 0.0498. The molecule has 2 aliphatic heterocycles. The van der Waals surface area contributed by atoms with Crippen LogP contribution in [0.25, 0.3) is 0 Å². The number of nitro benzene ring substituents is 1. The van der Waals surface area contributed by atoms with E-state index in [4.69, 9.17) is 4.84 Å². The van der Waals surface area contributed by atoms with Crippen molar-refractivity contribution in [2.24, 2.45) is 5.92 Å². The summed E-state index contributed by atoms with van der Waals surface area (Å²) < 4.78 is 0. The largest absolute Gasteiger partial charge is 0.273 e. The van der Waals surface area contributed by atoms with Gasteiger partial charge < -0.3 is 0 Å². The lowest BCUT2D eigenvalue weighted by Gasteiger charge is -2.29. The molecule has 0 aliphatic carbocycles. The number of rotatable bonds is 4. The van der Waals surface area contributed by atoms with Gasteiger partial charge in [0.05, 0.1) is 22.3 Å². The Morgan fingerprint density at radius 3 is 2.24 bits per heavy atom. The number of benzene rings is 3. The average molecular weight is 443 g/mol. The van der Waals surface area contributed by atoms with E-state index in [1.54, 1.807) is 23.3 Å². The molecule has 8 heteroatoms. The van der Waals surface area contributed by atoms with Gasteiger partial charge in [-0.05, 0) is 43.2 Å². The number of anilines is 2. The van der Waals surface area contributed by atoms with Crippen molar-refractivity contribution in [2.75, 3.05) is 9.96 Å². The van der Waals surface area contributed by atoms with Crippen LogP contribution in [0.1, 0.15) is 22.7 Å². The lowest BCUT2D eigenvalue weighted by Crippen LogP contribution is -2.37.